The molecule has 0 N–H and O–H groups in total. The zero-order valence-electron chi connectivity index (χ0n) is 4.77. The lowest BCUT2D eigenvalue weighted by molar-refractivity contribution is 0.482. The second-order valence-electron chi connectivity index (χ2n) is 1.63. The standard InChI is InChI=1S/C6H3F2IO/c7-4-2-1-3-5(10-9)6(4)8/h1-3H. The van der Waals surface area contributed by atoms with Gasteiger partial charge >= 0.3 is 0 Å². The van der Waals surface area contributed by atoms with Gasteiger partial charge < -0.3 is 3.07 Å². The summed E-state index contributed by atoms with van der Waals surface area (Å²) < 4.78 is 29.3. The maximum atomic E-state index is 12.5. The summed E-state index contributed by atoms with van der Waals surface area (Å²) in [4.78, 5) is 0. The molecule has 0 saturated heterocycles. The summed E-state index contributed by atoms with van der Waals surface area (Å²) >= 11 is 1.49. The van der Waals surface area contributed by atoms with E-state index in [0.717, 1.165) is 6.07 Å². The van der Waals surface area contributed by atoms with Crippen LogP contribution in [0.15, 0.2) is 18.2 Å². The highest BCUT2D eigenvalue weighted by atomic mass is 127. The van der Waals surface area contributed by atoms with Crippen molar-refractivity contribution >= 4 is 23.0 Å². The van der Waals surface area contributed by atoms with Crippen LogP contribution in [0, 0.1) is 11.6 Å². The zero-order chi connectivity index (χ0) is 7.56. The van der Waals surface area contributed by atoms with Gasteiger partial charge in [-0.05, 0) is 12.1 Å². The minimum absolute atomic E-state index is 0.0828. The normalized spacial score (nSPS) is 9.50. The predicted octanol–water partition coefficient (Wildman–Crippen LogP) is 2.69. The monoisotopic (exact) mass is 256 g/mol. The summed E-state index contributed by atoms with van der Waals surface area (Å²) in [5, 5.41) is 0. The molecule has 1 aromatic rings. The first-order valence-electron chi connectivity index (χ1n) is 2.48. The van der Waals surface area contributed by atoms with Crippen molar-refractivity contribution in [2.45, 2.75) is 0 Å². The molecular weight excluding hydrogens is 253 g/mol. The van der Waals surface area contributed by atoms with Gasteiger partial charge in [-0.3, -0.25) is 0 Å². The molecular formula is C6H3F2IO. The second kappa shape index (κ2) is 3.14. The Bertz CT molecular complexity index is 239. The van der Waals surface area contributed by atoms with E-state index in [4.69, 9.17) is 0 Å². The van der Waals surface area contributed by atoms with E-state index in [0.29, 0.717) is 0 Å². The molecule has 0 amide bonds. The highest BCUT2D eigenvalue weighted by Crippen LogP contribution is 2.20. The maximum Gasteiger partial charge on any atom is 0.201 e. The van der Waals surface area contributed by atoms with Crippen LogP contribution in [0.4, 0.5) is 8.78 Å². The lowest BCUT2D eigenvalue weighted by Gasteiger charge is -1.97. The van der Waals surface area contributed by atoms with E-state index in [1.165, 1.54) is 35.1 Å². The fourth-order valence-electron chi connectivity index (χ4n) is 0.544. The van der Waals surface area contributed by atoms with Gasteiger partial charge in [-0.25, -0.2) is 4.39 Å². The summed E-state index contributed by atoms with van der Waals surface area (Å²) in [6.45, 7) is 0. The molecule has 0 atom stereocenters. The van der Waals surface area contributed by atoms with E-state index in [9.17, 15) is 8.78 Å². The molecule has 1 rings (SSSR count). The molecule has 0 aliphatic carbocycles. The largest absolute Gasteiger partial charge is 0.424 e. The predicted molar refractivity (Wildman–Crippen MR) is 41.0 cm³/mol. The first-order valence-corrected chi connectivity index (χ1v) is 3.36. The fraction of sp³-hybridized carbons (Fsp3) is 0. The van der Waals surface area contributed by atoms with Gasteiger partial charge in [-0.15, -0.1) is 0 Å². The van der Waals surface area contributed by atoms with Gasteiger partial charge in [0, 0.05) is 0 Å². The molecule has 54 valence electrons. The number of rotatable bonds is 1. The number of hydrogen-bond acceptors (Lipinski definition) is 1. The SMILES string of the molecule is Fc1cccc(OI)c1F. The molecule has 0 aliphatic heterocycles. The Morgan fingerprint density at radius 3 is 2.50 bits per heavy atom. The molecule has 1 aromatic carbocycles. The molecule has 10 heavy (non-hydrogen) atoms. The third-order valence-corrected chi connectivity index (χ3v) is 1.47. The van der Waals surface area contributed by atoms with Crippen molar-refractivity contribution in [3.8, 4) is 5.75 Å². The first-order chi connectivity index (χ1) is 4.75. The molecule has 0 heterocycles. The minimum Gasteiger partial charge on any atom is -0.424 e. The van der Waals surface area contributed by atoms with E-state index < -0.39 is 11.6 Å². The van der Waals surface area contributed by atoms with Crippen molar-refractivity contribution in [2.24, 2.45) is 0 Å². The van der Waals surface area contributed by atoms with Gasteiger partial charge in [-0.2, -0.15) is 4.39 Å². The average molecular weight is 256 g/mol. The summed E-state index contributed by atoms with van der Waals surface area (Å²) in [6, 6.07) is 3.77. The van der Waals surface area contributed by atoms with E-state index >= 15 is 0 Å². The lowest BCUT2D eigenvalue weighted by Crippen LogP contribution is -1.85. The van der Waals surface area contributed by atoms with Gasteiger partial charge in [-0.1, -0.05) is 6.07 Å². The molecule has 4 heteroatoms. The number of benzene rings is 1. The van der Waals surface area contributed by atoms with Crippen molar-refractivity contribution < 1.29 is 11.8 Å². The van der Waals surface area contributed by atoms with Crippen molar-refractivity contribution in [2.75, 3.05) is 0 Å². The Morgan fingerprint density at radius 1 is 1.30 bits per heavy atom. The van der Waals surface area contributed by atoms with Gasteiger partial charge in [0.2, 0.25) is 5.82 Å². The quantitative estimate of drug-likeness (QED) is 0.702. The average Bonchev–Trinajstić information content (AvgIpc) is 1.95. The molecule has 0 aliphatic rings. The molecule has 0 saturated carbocycles. The van der Waals surface area contributed by atoms with Gasteiger partial charge in [0.1, 0.15) is 0 Å². The van der Waals surface area contributed by atoms with Crippen molar-refractivity contribution in [1.29, 1.82) is 0 Å². The van der Waals surface area contributed by atoms with Crippen LogP contribution in [0.25, 0.3) is 0 Å². The minimum atomic E-state index is -0.947. The van der Waals surface area contributed by atoms with Crippen LogP contribution >= 0.6 is 23.0 Å². The van der Waals surface area contributed by atoms with Crippen LogP contribution in [0.1, 0.15) is 0 Å². The summed E-state index contributed by atoms with van der Waals surface area (Å²) in [7, 11) is 0. The van der Waals surface area contributed by atoms with Crippen LogP contribution in [0.3, 0.4) is 0 Å². The Labute approximate surface area is 70.7 Å². The molecule has 0 unspecified atom stereocenters. The smallest absolute Gasteiger partial charge is 0.201 e. The third kappa shape index (κ3) is 1.36. The molecule has 1 nitrogen and oxygen atoms in total. The van der Waals surface area contributed by atoms with Crippen LogP contribution in [0.5, 0.6) is 5.75 Å². The van der Waals surface area contributed by atoms with Crippen LogP contribution in [-0.4, -0.2) is 0 Å². The van der Waals surface area contributed by atoms with Crippen molar-refractivity contribution in [3.63, 3.8) is 0 Å². The Kier molecular flexibility index (Phi) is 2.42. The Hall–Kier alpha value is -0.390. The highest BCUT2D eigenvalue weighted by molar-refractivity contribution is 14.1. The third-order valence-electron chi connectivity index (χ3n) is 0.999. The first kappa shape index (κ1) is 7.71. The van der Waals surface area contributed by atoms with E-state index in [-0.39, 0.29) is 5.75 Å². The van der Waals surface area contributed by atoms with E-state index in [2.05, 4.69) is 3.07 Å². The molecule has 0 spiro atoms. The Balaban J connectivity index is 3.14. The van der Waals surface area contributed by atoms with Crippen LogP contribution in [-0.2, 0) is 0 Å². The summed E-state index contributed by atoms with van der Waals surface area (Å²) in [6.07, 6.45) is 0. The molecule has 0 radical (unpaired) electrons. The molecule has 0 fully saturated rings. The van der Waals surface area contributed by atoms with Crippen molar-refractivity contribution in [1.82, 2.24) is 0 Å². The number of hydrogen-bond donors (Lipinski definition) is 0. The fourth-order valence-corrected chi connectivity index (χ4v) is 0.884. The van der Waals surface area contributed by atoms with Crippen LogP contribution in [0.2, 0.25) is 0 Å². The van der Waals surface area contributed by atoms with E-state index in [1.54, 1.807) is 0 Å². The Morgan fingerprint density at radius 2 is 2.00 bits per heavy atom. The van der Waals surface area contributed by atoms with Gasteiger partial charge in [0.05, 0.1) is 0 Å². The van der Waals surface area contributed by atoms with Crippen molar-refractivity contribution in [3.05, 3.63) is 29.8 Å². The van der Waals surface area contributed by atoms with Gasteiger partial charge in [0.25, 0.3) is 0 Å². The molecule has 0 aromatic heterocycles. The summed E-state index contributed by atoms with van der Waals surface area (Å²) in [5.74, 6) is -1.92. The zero-order valence-corrected chi connectivity index (χ0v) is 6.93. The number of halogens is 3. The summed E-state index contributed by atoms with van der Waals surface area (Å²) in [5.41, 5.74) is 0. The highest BCUT2D eigenvalue weighted by Gasteiger charge is 2.06. The van der Waals surface area contributed by atoms with Gasteiger partial charge in [0.15, 0.2) is 34.6 Å². The second-order valence-corrected chi connectivity index (χ2v) is 2.07. The van der Waals surface area contributed by atoms with Crippen LogP contribution < -0.4 is 3.07 Å². The maximum absolute atomic E-state index is 12.5. The topological polar surface area (TPSA) is 9.23 Å². The lowest BCUT2D eigenvalue weighted by atomic mass is 10.3. The van der Waals surface area contributed by atoms with E-state index in [1.807, 2.05) is 0 Å². The molecule has 0 bridgehead atoms.